The normalized spacial score (nSPS) is 21.6. The summed E-state index contributed by atoms with van der Waals surface area (Å²) in [5.74, 6) is -0.676. The maximum absolute atomic E-state index is 12.1. The zero-order valence-corrected chi connectivity index (χ0v) is 11.9. The average molecular weight is 297 g/mol. The number of carbonyl (C=O) groups excluding carboxylic acids is 2. The number of esters is 1. The summed E-state index contributed by atoms with van der Waals surface area (Å²) in [5.41, 5.74) is 6.56. The van der Waals surface area contributed by atoms with Crippen molar-refractivity contribution in [3.63, 3.8) is 0 Å². The van der Waals surface area contributed by atoms with Crippen LogP contribution in [0.25, 0.3) is 0 Å². The fraction of sp³-hybridized carbons (Fsp3) is 0.429. The maximum atomic E-state index is 12.1. The quantitative estimate of drug-likeness (QED) is 0.838. The Morgan fingerprint density at radius 3 is 2.75 bits per heavy atom. The standard InChI is InChI=1S/C14H17ClN2O3/c1-20-14(19)9-3-5-11(15)12(7-9)17-13(18)8-2-4-10(16)6-8/h3,5,7-8,10H,2,4,6,16H2,1H3,(H,17,18). The molecule has 0 aliphatic heterocycles. The third kappa shape index (κ3) is 3.29. The Bertz CT molecular complexity index is 533. The highest BCUT2D eigenvalue weighted by Gasteiger charge is 2.28. The van der Waals surface area contributed by atoms with Crippen LogP contribution in [0.3, 0.4) is 0 Å². The fourth-order valence-electron chi connectivity index (χ4n) is 2.36. The lowest BCUT2D eigenvalue weighted by Gasteiger charge is -2.12. The number of nitrogens with one attached hydrogen (secondary N) is 1. The molecule has 0 radical (unpaired) electrons. The molecule has 2 unspecified atom stereocenters. The Hall–Kier alpha value is -1.59. The number of ether oxygens (including phenoxy) is 1. The molecule has 1 aromatic rings. The van der Waals surface area contributed by atoms with Gasteiger partial charge in [-0.05, 0) is 37.5 Å². The van der Waals surface area contributed by atoms with E-state index in [9.17, 15) is 9.59 Å². The highest BCUT2D eigenvalue weighted by Crippen LogP contribution is 2.28. The Morgan fingerprint density at radius 1 is 1.40 bits per heavy atom. The van der Waals surface area contributed by atoms with E-state index in [1.54, 1.807) is 12.1 Å². The minimum Gasteiger partial charge on any atom is -0.465 e. The SMILES string of the molecule is COC(=O)c1ccc(Cl)c(NC(=O)C2CCC(N)C2)c1. The van der Waals surface area contributed by atoms with Crippen LogP contribution < -0.4 is 11.1 Å². The van der Waals surface area contributed by atoms with Gasteiger partial charge in [-0.25, -0.2) is 4.79 Å². The van der Waals surface area contributed by atoms with E-state index in [0.29, 0.717) is 22.7 Å². The van der Waals surface area contributed by atoms with Gasteiger partial charge >= 0.3 is 5.97 Å². The van der Waals surface area contributed by atoms with E-state index in [1.807, 2.05) is 0 Å². The van der Waals surface area contributed by atoms with Crippen LogP contribution in [-0.4, -0.2) is 25.0 Å². The number of carbonyl (C=O) groups is 2. The molecular weight excluding hydrogens is 280 g/mol. The van der Waals surface area contributed by atoms with Crippen molar-refractivity contribution in [2.45, 2.75) is 25.3 Å². The summed E-state index contributed by atoms with van der Waals surface area (Å²) in [7, 11) is 1.30. The first-order chi connectivity index (χ1) is 9.51. The van der Waals surface area contributed by atoms with Gasteiger partial charge in [-0.2, -0.15) is 0 Å². The molecule has 0 saturated heterocycles. The number of methoxy groups -OCH3 is 1. The second-order valence-electron chi connectivity index (χ2n) is 4.95. The van der Waals surface area contributed by atoms with Gasteiger partial charge in [-0.1, -0.05) is 11.6 Å². The van der Waals surface area contributed by atoms with Gasteiger partial charge in [-0.3, -0.25) is 4.79 Å². The molecule has 0 heterocycles. The van der Waals surface area contributed by atoms with Gasteiger partial charge < -0.3 is 15.8 Å². The topological polar surface area (TPSA) is 81.4 Å². The summed E-state index contributed by atoms with van der Waals surface area (Å²) in [6.45, 7) is 0. The second-order valence-corrected chi connectivity index (χ2v) is 5.35. The number of rotatable bonds is 3. The molecule has 2 atom stereocenters. The van der Waals surface area contributed by atoms with E-state index < -0.39 is 5.97 Å². The van der Waals surface area contributed by atoms with E-state index in [0.717, 1.165) is 12.8 Å². The van der Waals surface area contributed by atoms with Crippen molar-refractivity contribution >= 4 is 29.2 Å². The van der Waals surface area contributed by atoms with E-state index in [-0.39, 0.29) is 17.9 Å². The van der Waals surface area contributed by atoms with Crippen molar-refractivity contribution < 1.29 is 14.3 Å². The molecule has 1 fully saturated rings. The second kappa shape index (κ2) is 6.24. The van der Waals surface area contributed by atoms with Crippen LogP contribution >= 0.6 is 11.6 Å². The highest BCUT2D eigenvalue weighted by atomic mass is 35.5. The molecule has 1 aliphatic rings. The van der Waals surface area contributed by atoms with Crippen LogP contribution in [0.4, 0.5) is 5.69 Å². The zero-order chi connectivity index (χ0) is 14.7. The number of anilines is 1. The lowest BCUT2D eigenvalue weighted by atomic mass is 10.1. The molecule has 1 amide bonds. The van der Waals surface area contributed by atoms with Crippen LogP contribution in [0, 0.1) is 5.92 Å². The minimum absolute atomic E-state index is 0.0858. The number of halogens is 1. The van der Waals surface area contributed by atoms with Crippen LogP contribution in [0.5, 0.6) is 0 Å². The molecular formula is C14H17ClN2O3. The molecule has 5 nitrogen and oxygen atoms in total. The molecule has 1 saturated carbocycles. The largest absolute Gasteiger partial charge is 0.465 e. The molecule has 2 rings (SSSR count). The summed E-state index contributed by atoms with van der Waals surface area (Å²) in [5, 5.41) is 3.14. The van der Waals surface area contributed by atoms with Gasteiger partial charge in [0.1, 0.15) is 0 Å². The first-order valence-electron chi connectivity index (χ1n) is 6.45. The van der Waals surface area contributed by atoms with Gasteiger partial charge in [0.2, 0.25) is 5.91 Å². The fourth-order valence-corrected chi connectivity index (χ4v) is 2.52. The molecule has 0 aromatic heterocycles. The van der Waals surface area contributed by atoms with Gasteiger partial charge in [0.25, 0.3) is 0 Å². The zero-order valence-electron chi connectivity index (χ0n) is 11.2. The summed E-state index contributed by atoms with van der Waals surface area (Å²) >= 11 is 6.03. The van der Waals surface area contributed by atoms with Crippen molar-refractivity contribution in [2.75, 3.05) is 12.4 Å². The van der Waals surface area contributed by atoms with Crippen LogP contribution in [0.15, 0.2) is 18.2 Å². The predicted octanol–water partition coefficient (Wildman–Crippen LogP) is 2.19. The number of benzene rings is 1. The number of hydrogen-bond acceptors (Lipinski definition) is 4. The van der Waals surface area contributed by atoms with E-state index in [2.05, 4.69) is 10.1 Å². The lowest BCUT2D eigenvalue weighted by Crippen LogP contribution is -2.23. The van der Waals surface area contributed by atoms with Gasteiger partial charge in [-0.15, -0.1) is 0 Å². The van der Waals surface area contributed by atoms with Crippen molar-refractivity contribution in [3.05, 3.63) is 28.8 Å². The average Bonchev–Trinajstić information content (AvgIpc) is 2.87. The van der Waals surface area contributed by atoms with E-state index in [4.69, 9.17) is 17.3 Å². The van der Waals surface area contributed by atoms with Crippen molar-refractivity contribution in [1.29, 1.82) is 0 Å². The molecule has 20 heavy (non-hydrogen) atoms. The van der Waals surface area contributed by atoms with Crippen LogP contribution in [0.1, 0.15) is 29.6 Å². The Kier molecular flexibility index (Phi) is 4.62. The lowest BCUT2D eigenvalue weighted by molar-refractivity contribution is -0.119. The molecule has 1 aliphatic carbocycles. The van der Waals surface area contributed by atoms with Crippen LogP contribution in [-0.2, 0) is 9.53 Å². The summed E-state index contributed by atoms with van der Waals surface area (Å²) in [6.07, 6.45) is 2.31. The van der Waals surface area contributed by atoms with Gasteiger partial charge in [0.15, 0.2) is 0 Å². The molecule has 0 spiro atoms. The van der Waals surface area contributed by atoms with Gasteiger partial charge in [0.05, 0.1) is 23.4 Å². The monoisotopic (exact) mass is 296 g/mol. The smallest absolute Gasteiger partial charge is 0.337 e. The number of nitrogens with two attached hydrogens (primary N) is 1. The first-order valence-corrected chi connectivity index (χ1v) is 6.83. The molecule has 6 heteroatoms. The summed E-state index contributed by atoms with van der Waals surface area (Å²) in [6, 6.07) is 4.71. The molecule has 3 N–H and O–H groups in total. The summed E-state index contributed by atoms with van der Waals surface area (Å²) in [4.78, 5) is 23.6. The Labute approximate surface area is 122 Å². The third-order valence-corrected chi connectivity index (χ3v) is 3.82. The summed E-state index contributed by atoms with van der Waals surface area (Å²) < 4.78 is 4.64. The molecule has 1 aromatic carbocycles. The highest BCUT2D eigenvalue weighted by molar-refractivity contribution is 6.33. The Morgan fingerprint density at radius 2 is 2.15 bits per heavy atom. The van der Waals surface area contributed by atoms with E-state index >= 15 is 0 Å². The Balaban J connectivity index is 2.12. The van der Waals surface area contributed by atoms with E-state index in [1.165, 1.54) is 13.2 Å². The van der Waals surface area contributed by atoms with Crippen molar-refractivity contribution in [3.8, 4) is 0 Å². The first kappa shape index (κ1) is 14.8. The maximum Gasteiger partial charge on any atom is 0.337 e. The predicted molar refractivity (Wildman–Crippen MR) is 76.7 cm³/mol. The minimum atomic E-state index is -0.472. The van der Waals surface area contributed by atoms with Crippen molar-refractivity contribution in [1.82, 2.24) is 0 Å². The van der Waals surface area contributed by atoms with Crippen molar-refractivity contribution in [2.24, 2.45) is 11.7 Å². The number of amides is 1. The van der Waals surface area contributed by atoms with Gasteiger partial charge in [0, 0.05) is 12.0 Å². The van der Waals surface area contributed by atoms with Crippen LogP contribution in [0.2, 0.25) is 5.02 Å². The molecule has 0 bridgehead atoms. The number of hydrogen-bond donors (Lipinski definition) is 2. The molecule has 108 valence electrons. The third-order valence-electron chi connectivity index (χ3n) is 3.49.